The fourth-order valence-electron chi connectivity index (χ4n) is 6.41. The van der Waals surface area contributed by atoms with Crippen molar-refractivity contribution in [3.05, 3.63) is 69.4 Å². The number of benzene rings is 2. The minimum atomic E-state index is -3.94. The van der Waals surface area contributed by atoms with E-state index in [0.29, 0.717) is 45.8 Å². The fraction of sp³-hybridized carbons (Fsp3) is 0.469. The number of carbonyl (C=O) groups excluding carboxylic acids is 2. The number of rotatable bonds is 12. The summed E-state index contributed by atoms with van der Waals surface area (Å²) in [5.74, 6) is -0.131. The number of halogens is 2. The fourth-order valence-corrected chi connectivity index (χ4v) is 7.79. The first-order chi connectivity index (χ1) is 21.7. The minimum Gasteiger partial charge on any atom is -0.464 e. The van der Waals surface area contributed by atoms with E-state index in [9.17, 15) is 18.0 Å². The molecule has 1 aliphatic heterocycles. The standard InChI is InChI=1S/C32H33Cl2N3O7S/c33-25-2-1-3-26(34)28(25)29-24(30(44-35-29)18-4-5-18)17-43-27-15-23-14-21(27)16-37(23)22-10-8-19(9-11-22)31(38)36-45(40,41)13-12-42-32(39)20-6-7-20/h1-3,8-11,18,20-21,23,27H,4-7,12-17H2,(H,36,38)/t21-,23-,27+/m0/s1. The number of esters is 1. The molecule has 3 saturated carbocycles. The van der Waals surface area contributed by atoms with Gasteiger partial charge in [0.25, 0.3) is 5.91 Å². The van der Waals surface area contributed by atoms with E-state index >= 15 is 0 Å². The molecule has 1 amide bonds. The van der Waals surface area contributed by atoms with Gasteiger partial charge in [-0.2, -0.15) is 0 Å². The summed E-state index contributed by atoms with van der Waals surface area (Å²) >= 11 is 13.0. The smallest absolute Gasteiger partial charge is 0.308 e. The molecule has 2 bridgehead atoms. The van der Waals surface area contributed by atoms with Crippen LogP contribution in [-0.4, -0.2) is 56.5 Å². The summed E-state index contributed by atoms with van der Waals surface area (Å²) in [6.07, 6.45) is 5.63. The van der Waals surface area contributed by atoms with Gasteiger partial charge in [-0.05, 0) is 74.9 Å². The molecule has 10 nitrogen and oxygen atoms in total. The lowest BCUT2D eigenvalue weighted by atomic mass is 10.0. The Kier molecular flexibility index (Phi) is 8.30. The van der Waals surface area contributed by atoms with Gasteiger partial charge in [0.2, 0.25) is 10.0 Å². The highest BCUT2D eigenvalue weighted by molar-refractivity contribution is 7.90. The van der Waals surface area contributed by atoms with Crippen LogP contribution >= 0.6 is 23.2 Å². The Balaban J connectivity index is 0.943. The molecule has 0 unspecified atom stereocenters. The lowest BCUT2D eigenvalue weighted by molar-refractivity contribution is -0.144. The minimum absolute atomic E-state index is 0.0848. The molecule has 13 heteroatoms. The van der Waals surface area contributed by atoms with E-state index in [4.69, 9.17) is 37.2 Å². The predicted molar refractivity (Wildman–Crippen MR) is 168 cm³/mol. The Hall–Kier alpha value is -3.12. The number of sulfonamides is 1. The van der Waals surface area contributed by atoms with Gasteiger partial charge in [0.1, 0.15) is 23.8 Å². The highest BCUT2D eigenvalue weighted by Crippen LogP contribution is 2.47. The largest absolute Gasteiger partial charge is 0.464 e. The molecule has 4 aliphatic rings. The third kappa shape index (κ3) is 6.58. The Morgan fingerprint density at radius 2 is 1.76 bits per heavy atom. The van der Waals surface area contributed by atoms with E-state index in [1.54, 1.807) is 30.3 Å². The van der Waals surface area contributed by atoms with Crippen LogP contribution in [0.15, 0.2) is 47.0 Å². The molecule has 4 fully saturated rings. The van der Waals surface area contributed by atoms with Gasteiger partial charge in [-0.15, -0.1) is 0 Å². The van der Waals surface area contributed by atoms with Crippen molar-refractivity contribution in [2.75, 3.05) is 23.8 Å². The predicted octanol–water partition coefficient (Wildman–Crippen LogP) is 5.72. The van der Waals surface area contributed by atoms with E-state index in [0.717, 1.165) is 62.1 Å². The van der Waals surface area contributed by atoms with E-state index in [2.05, 4.69) is 14.8 Å². The zero-order valence-corrected chi connectivity index (χ0v) is 26.7. The van der Waals surface area contributed by atoms with Crippen molar-refractivity contribution >= 4 is 50.8 Å². The van der Waals surface area contributed by atoms with E-state index in [1.165, 1.54) is 0 Å². The lowest BCUT2D eigenvalue weighted by Crippen LogP contribution is -2.38. The summed E-state index contributed by atoms with van der Waals surface area (Å²) in [6, 6.07) is 12.6. The Morgan fingerprint density at radius 3 is 2.40 bits per heavy atom. The molecule has 2 aromatic carbocycles. The number of nitrogens with one attached hydrogen (secondary N) is 1. The van der Waals surface area contributed by atoms with Gasteiger partial charge in [0.05, 0.1) is 28.7 Å². The number of amides is 1. The first kappa shape index (κ1) is 30.5. The van der Waals surface area contributed by atoms with Crippen molar-refractivity contribution in [3.63, 3.8) is 0 Å². The van der Waals surface area contributed by atoms with Crippen molar-refractivity contribution in [1.82, 2.24) is 9.88 Å². The van der Waals surface area contributed by atoms with Crippen molar-refractivity contribution in [2.45, 2.75) is 63.2 Å². The zero-order chi connectivity index (χ0) is 31.3. The molecule has 0 spiro atoms. The van der Waals surface area contributed by atoms with Crippen LogP contribution in [-0.2, 0) is 30.9 Å². The quantitative estimate of drug-likeness (QED) is 0.240. The number of hydrogen-bond donors (Lipinski definition) is 1. The number of aromatic nitrogens is 1. The van der Waals surface area contributed by atoms with Gasteiger partial charge in [-0.3, -0.25) is 9.59 Å². The number of nitrogens with zero attached hydrogens (tertiary/aromatic N) is 2. The van der Waals surface area contributed by atoms with E-state index in [-0.39, 0.29) is 30.2 Å². The number of fused-ring (bicyclic) bond motifs is 2. The highest BCUT2D eigenvalue weighted by atomic mass is 35.5. The summed E-state index contributed by atoms with van der Waals surface area (Å²) in [6.45, 7) is 0.906. The monoisotopic (exact) mass is 673 g/mol. The molecule has 0 radical (unpaired) electrons. The molecule has 45 heavy (non-hydrogen) atoms. The second kappa shape index (κ2) is 12.2. The van der Waals surface area contributed by atoms with Crippen LogP contribution in [0.25, 0.3) is 11.3 Å². The van der Waals surface area contributed by atoms with Gasteiger partial charge in [-0.25, -0.2) is 13.1 Å². The molecule has 1 saturated heterocycles. The average Bonchev–Trinajstić information content (AvgIpc) is 3.93. The van der Waals surface area contributed by atoms with Crippen LogP contribution in [0.4, 0.5) is 5.69 Å². The molecule has 1 aromatic heterocycles. The maximum absolute atomic E-state index is 12.6. The van der Waals surface area contributed by atoms with Gasteiger partial charge in [0.15, 0.2) is 0 Å². The third-order valence-corrected chi connectivity index (χ3v) is 10.9. The van der Waals surface area contributed by atoms with Gasteiger partial charge < -0.3 is 18.9 Å². The first-order valence-electron chi connectivity index (χ1n) is 15.3. The Labute approximate surface area is 271 Å². The second-order valence-electron chi connectivity index (χ2n) is 12.4. The average molecular weight is 675 g/mol. The maximum atomic E-state index is 12.6. The number of hydrogen-bond acceptors (Lipinski definition) is 9. The molecule has 238 valence electrons. The highest BCUT2D eigenvalue weighted by Gasteiger charge is 2.46. The summed E-state index contributed by atoms with van der Waals surface area (Å²) in [5.41, 5.74) is 3.43. The number of piperidine rings is 1. The SMILES string of the molecule is O=C(NS(=O)(=O)CCOC(=O)C1CC1)c1ccc(N2C[C@@H]3C[C@H]2C[C@H]3OCc2c(-c3c(Cl)cccc3Cl)noc2C2CC2)cc1. The van der Waals surface area contributed by atoms with Crippen molar-refractivity contribution in [2.24, 2.45) is 11.8 Å². The zero-order valence-electron chi connectivity index (χ0n) is 24.4. The summed E-state index contributed by atoms with van der Waals surface area (Å²) in [7, 11) is -3.94. The Bertz CT molecular complexity index is 1700. The molecule has 3 aliphatic carbocycles. The van der Waals surface area contributed by atoms with E-state index in [1.807, 2.05) is 12.1 Å². The summed E-state index contributed by atoms with van der Waals surface area (Å²) in [4.78, 5) is 26.5. The first-order valence-corrected chi connectivity index (χ1v) is 17.7. The van der Waals surface area contributed by atoms with Crippen molar-refractivity contribution in [1.29, 1.82) is 0 Å². The van der Waals surface area contributed by atoms with Gasteiger partial charge in [0, 0.05) is 46.8 Å². The van der Waals surface area contributed by atoms with Crippen LogP contribution in [0, 0.1) is 11.8 Å². The number of anilines is 1. The van der Waals surface area contributed by atoms with Crippen LogP contribution in [0.5, 0.6) is 0 Å². The molecule has 3 aromatic rings. The summed E-state index contributed by atoms with van der Waals surface area (Å²) in [5, 5.41) is 5.41. The molecular formula is C32H33Cl2N3O7S. The topological polar surface area (TPSA) is 128 Å². The van der Waals surface area contributed by atoms with Crippen LogP contribution in [0.2, 0.25) is 10.0 Å². The summed E-state index contributed by atoms with van der Waals surface area (Å²) < 4.78 is 44.0. The van der Waals surface area contributed by atoms with Crippen LogP contribution in [0.1, 0.15) is 66.1 Å². The molecule has 1 N–H and O–H groups in total. The number of ether oxygens (including phenoxy) is 2. The van der Waals surface area contributed by atoms with Crippen LogP contribution < -0.4 is 9.62 Å². The third-order valence-electron chi connectivity index (χ3n) is 9.10. The van der Waals surface area contributed by atoms with Crippen molar-refractivity contribution in [3.8, 4) is 11.3 Å². The normalized spacial score (nSPS) is 22.5. The maximum Gasteiger partial charge on any atom is 0.308 e. The van der Waals surface area contributed by atoms with E-state index < -0.39 is 21.7 Å². The Morgan fingerprint density at radius 1 is 1.02 bits per heavy atom. The molecule has 7 rings (SSSR count). The van der Waals surface area contributed by atoms with Gasteiger partial charge in [-0.1, -0.05) is 34.4 Å². The van der Waals surface area contributed by atoms with Crippen molar-refractivity contribution < 1.29 is 32.0 Å². The van der Waals surface area contributed by atoms with Crippen LogP contribution in [0.3, 0.4) is 0 Å². The molecule has 2 heterocycles. The number of carbonyl (C=O) groups is 2. The van der Waals surface area contributed by atoms with Gasteiger partial charge >= 0.3 is 5.97 Å². The lowest BCUT2D eigenvalue weighted by Gasteiger charge is -2.33. The second-order valence-corrected chi connectivity index (χ2v) is 15.0. The molecule has 3 atom stereocenters. The molecular weight excluding hydrogens is 641 g/mol.